The summed E-state index contributed by atoms with van der Waals surface area (Å²) in [6.07, 6.45) is 0. The molecule has 1 heterocycles. The molecule has 0 aliphatic heterocycles. The highest BCUT2D eigenvalue weighted by molar-refractivity contribution is 7.71. The van der Waals surface area contributed by atoms with E-state index >= 15 is 0 Å². The second kappa shape index (κ2) is 4.77. The molecule has 0 fully saturated rings. The molecule has 1 aromatic heterocycles. The van der Waals surface area contributed by atoms with Crippen molar-refractivity contribution in [2.45, 2.75) is 13.8 Å². The largest absolute Gasteiger partial charge is 0.325 e. The van der Waals surface area contributed by atoms with Crippen LogP contribution >= 0.6 is 24.4 Å². The fraction of sp³-hybridized carbons (Fsp3) is 0.182. The smallest absolute Gasteiger partial charge is 0.209 e. The number of aromatic amines is 2. The Kier molecular flexibility index (Phi) is 3.35. The Morgan fingerprint density at radius 3 is 2.65 bits per heavy atom. The Balaban J connectivity index is 2.40. The van der Waals surface area contributed by atoms with Gasteiger partial charge in [-0.2, -0.15) is 4.98 Å². The number of aryl methyl sites for hydroxylation is 2. The minimum atomic E-state index is 0.363. The van der Waals surface area contributed by atoms with Crippen LogP contribution in [0.2, 0.25) is 0 Å². The molecule has 0 bridgehead atoms. The molecule has 0 unspecified atom stereocenters. The summed E-state index contributed by atoms with van der Waals surface area (Å²) in [5, 5.41) is 3.17. The van der Waals surface area contributed by atoms with Crippen molar-refractivity contribution in [1.29, 1.82) is 0 Å². The van der Waals surface area contributed by atoms with Gasteiger partial charge in [0.1, 0.15) is 0 Å². The number of hydrogen-bond donors (Lipinski definition) is 3. The summed E-state index contributed by atoms with van der Waals surface area (Å²) in [5.74, 6) is 0.549. The summed E-state index contributed by atoms with van der Waals surface area (Å²) in [6, 6.07) is 6.16. The Hall–Kier alpha value is -1.53. The molecule has 0 saturated heterocycles. The van der Waals surface area contributed by atoms with Crippen molar-refractivity contribution in [3.8, 4) is 0 Å². The molecule has 2 aromatic rings. The van der Waals surface area contributed by atoms with Crippen molar-refractivity contribution in [3.63, 3.8) is 0 Å². The summed E-state index contributed by atoms with van der Waals surface area (Å²) >= 11 is 9.97. The van der Waals surface area contributed by atoms with Gasteiger partial charge in [0.25, 0.3) is 0 Å². The molecule has 2 rings (SSSR count). The van der Waals surface area contributed by atoms with E-state index in [0.29, 0.717) is 15.5 Å². The number of H-pyrrole nitrogens is 2. The van der Waals surface area contributed by atoms with E-state index in [9.17, 15) is 0 Å². The third kappa shape index (κ3) is 2.98. The van der Waals surface area contributed by atoms with E-state index in [0.717, 1.165) is 11.3 Å². The predicted molar refractivity (Wildman–Crippen MR) is 73.8 cm³/mol. The van der Waals surface area contributed by atoms with Crippen LogP contribution in [0.4, 0.5) is 11.6 Å². The van der Waals surface area contributed by atoms with Crippen LogP contribution in [0.3, 0.4) is 0 Å². The highest BCUT2D eigenvalue weighted by atomic mass is 32.1. The molecule has 1 aromatic carbocycles. The van der Waals surface area contributed by atoms with Gasteiger partial charge in [-0.25, -0.2) is 0 Å². The van der Waals surface area contributed by atoms with Gasteiger partial charge in [0.2, 0.25) is 10.7 Å². The number of rotatable bonds is 2. The zero-order chi connectivity index (χ0) is 12.4. The normalized spacial score (nSPS) is 10.2. The van der Waals surface area contributed by atoms with Crippen LogP contribution in [0.25, 0.3) is 0 Å². The summed E-state index contributed by atoms with van der Waals surface area (Å²) in [5.41, 5.74) is 3.30. The van der Waals surface area contributed by atoms with Gasteiger partial charge in [0, 0.05) is 5.69 Å². The number of anilines is 2. The van der Waals surface area contributed by atoms with Crippen LogP contribution < -0.4 is 5.32 Å². The molecule has 6 heteroatoms. The van der Waals surface area contributed by atoms with E-state index in [1.807, 2.05) is 19.9 Å². The first kappa shape index (κ1) is 11.9. The lowest BCUT2D eigenvalue weighted by Crippen LogP contribution is -2.00. The first-order valence-corrected chi connectivity index (χ1v) is 5.91. The molecule has 0 aliphatic rings. The molecule has 88 valence electrons. The Morgan fingerprint density at radius 1 is 1.18 bits per heavy atom. The average molecular weight is 264 g/mol. The fourth-order valence-corrected chi connectivity index (χ4v) is 1.90. The number of nitrogens with one attached hydrogen (secondary N) is 3. The van der Waals surface area contributed by atoms with E-state index < -0.39 is 0 Å². The standard InChI is InChI=1S/C11H12N4S2/c1-6-3-4-7(2)8(5-6)12-9-13-10(16)15-11(17)14-9/h3-5H,1-2H3,(H3,12,13,14,15,16,17). The van der Waals surface area contributed by atoms with Crippen molar-refractivity contribution in [2.24, 2.45) is 0 Å². The minimum Gasteiger partial charge on any atom is -0.325 e. The second-order valence-electron chi connectivity index (χ2n) is 3.79. The first-order valence-electron chi connectivity index (χ1n) is 5.09. The van der Waals surface area contributed by atoms with Crippen LogP contribution in [0.1, 0.15) is 11.1 Å². The van der Waals surface area contributed by atoms with Crippen LogP contribution in [0, 0.1) is 23.4 Å². The van der Waals surface area contributed by atoms with E-state index in [1.54, 1.807) is 0 Å². The summed E-state index contributed by atoms with van der Waals surface area (Å²) in [6.45, 7) is 4.07. The van der Waals surface area contributed by atoms with Gasteiger partial charge in [-0.05, 0) is 55.5 Å². The topological polar surface area (TPSA) is 56.5 Å². The van der Waals surface area contributed by atoms with E-state index in [2.05, 4.69) is 32.4 Å². The van der Waals surface area contributed by atoms with Crippen molar-refractivity contribution in [1.82, 2.24) is 15.0 Å². The van der Waals surface area contributed by atoms with Gasteiger partial charge >= 0.3 is 0 Å². The fourth-order valence-electron chi connectivity index (χ4n) is 1.45. The molecule has 0 saturated carbocycles. The van der Waals surface area contributed by atoms with Crippen molar-refractivity contribution in [2.75, 3.05) is 5.32 Å². The Morgan fingerprint density at radius 2 is 1.94 bits per heavy atom. The van der Waals surface area contributed by atoms with Gasteiger partial charge in [-0.3, -0.25) is 0 Å². The van der Waals surface area contributed by atoms with Gasteiger partial charge < -0.3 is 15.3 Å². The van der Waals surface area contributed by atoms with Crippen LogP contribution in [-0.2, 0) is 0 Å². The molecule has 0 radical (unpaired) electrons. The molecule has 4 nitrogen and oxygen atoms in total. The molecule has 0 amide bonds. The number of benzene rings is 1. The maximum Gasteiger partial charge on any atom is 0.209 e. The third-order valence-corrected chi connectivity index (χ3v) is 2.71. The van der Waals surface area contributed by atoms with Gasteiger partial charge in [0.15, 0.2) is 4.77 Å². The van der Waals surface area contributed by atoms with Crippen LogP contribution in [-0.4, -0.2) is 15.0 Å². The highest BCUT2D eigenvalue weighted by Crippen LogP contribution is 2.19. The molecule has 0 spiro atoms. The molecular weight excluding hydrogens is 252 g/mol. The monoisotopic (exact) mass is 264 g/mol. The van der Waals surface area contributed by atoms with Crippen molar-refractivity contribution < 1.29 is 0 Å². The van der Waals surface area contributed by atoms with Gasteiger partial charge in [0.05, 0.1) is 0 Å². The maximum absolute atomic E-state index is 5.00. The highest BCUT2D eigenvalue weighted by Gasteiger charge is 2.00. The molecule has 0 atom stereocenters. The number of nitrogens with zero attached hydrogens (tertiary/aromatic N) is 1. The molecule has 17 heavy (non-hydrogen) atoms. The second-order valence-corrected chi connectivity index (χ2v) is 4.58. The zero-order valence-electron chi connectivity index (χ0n) is 9.50. The predicted octanol–water partition coefficient (Wildman–Crippen LogP) is 3.56. The molecule has 3 N–H and O–H groups in total. The number of aromatic nitrogens is 3. The summed E-state index contributed by atoms with van der Waals surface area (Å²) in [4.78, 5) is 9.78. The van der Waals surface area contributed by atoms with Crippen molar-refractivity contribution >= 4 is 36.1 Å². The zero-order valence-corrected chi connectivity index (χ0v) is 11.1. The lowest BCUT2D eigenvalue weighted by molar-refractivity contribution is 1.01. The van der Waals surface area contributed by atoms with Crippen LogP contribution in [0.5, 0.6) is 0 Å². The molecular formula is C11H12N4S2. The Bertz CT molecular complexity index is 629. The summed E-state index contributed by atoms with van der Waals surface area (Å²) in [7, 11) is 0. The van der Waals surface area contributed by atoms with E-state index in [4.69, 9.17) is 24.4 Å². The van der Waals surface area contributed by atoms with Gasteiger partial charge in [-0.1, -0.05) is 12.1 Å². The quantitative estimate of drug-likeness (QED) is 0.726. The van der Waals surface area contributed by atoms with E-state index in [1.165, 1.54) is 5.56 Å². The summed E-state index contributed by atoms with van der Waals surface area (Å²) < 4.78 is 0.819. The van der Waals surface area contributed by atoms with E-state index in [-0.39, 0.29) is 0 Å². The minimum absolute atomic E-state index is 0.363. The lowest BCUT2D eigenvalue weighted by atomic mass is 10.1. The average Bonchev–Trinajstić information content (AvgIpc) is 2.22. The third-order valence-electron chi connectivity index (χ3n) is 2.31. The van der Waals surface area contributed by atoms with Crippen LogP contribution in [0.15, 0.2) is 18.2 Å². The lowest BCUT2D eigenvalue weighted by Gasteiger charge is -2.09. The molecule has 0 aliphatic carbocycles. The van der Waals surface area contributed by atoms with Crippen molar-refractivity contribution in [3.05, 3.63) is 38.9 Å². The Labute approximate surface area is 109 Å². The maximum atomic E-state index is 5.00. The SMILES string of the molecule is Cc1ccc(C)c(Nc2nc(=S)[nH]c(=S)[nH]2)c1. The first-order chi connectivity index (χ1) is 8.04. The number of hydrogen-bond acceptors (Lipinski definition) is 4. The van der Waals surface area contributed by atoms with Gasteiger partial charge in [-0.15, -0.1) is 0 Å².